The lowest BCUT2D eigenvalue weighted by Gasteiger charge is -2.09. The van der Waals surface area contributed by atoms with Crippen LogP contribution < -0.4 is 14.8 Å². The van der Waals surface area contributed by atoms with Gasteiger partial charge in [-0.3, -0.25) is 9.59 Å². The maximum atomic E-state index is 12.2. The van der Waals surface area contributed by atoms with Gasteiger partial charge in [0.25, 0.3) is 5.91 Å². The zero-order chi connectivity index (χ0) is 18.1. The number of methoxy groups -OCH3 is 1. The molecule has 7 nitrogen and oxygen atoms in total. The number of benzene rings is 1. The minimum Gasteiger partial charge on any atom is -0.494 e. The first-order valence-electron chi connectivity index (χ1n) is 7.81. The Bertz CT molecular complexity index is 716. The highest BCUT2D eigenvalue weighted by atomic mass is 16.5. The van der Waals surface area contributed by atoms with Crippen LogP contribution in [0.5, 0.6) is 11.6 Å². The number of hydrogen-bond donors (Lipinski definition) is 2. The fourth-order valence-corrected chi connectivity index (χ4v) is 2.12. The summed E-state index contributed by atoms with van der Waals surface area (Å²) in [6.07, 6.45) is 2.10. The number of ether oxygens (including phenoxy) is 2. The third-order valence-corrected chi connectivity index (χ3v) is 3.39. The van der Waals surface area contributed by atoms with Crippen LogP contribution in [0.15, 0.2) is 42.6 Å². The molecule has 0 spiro atoms. The number of nitrogens with one attached hydrogen (secondary N) is 1. The van der Waals surface area contributed by atoms with Crippen molar-refractivity contribution in [1.82, 2.24) is 10.3 Å². The monoisotopic (exact) mass is 344 g/mol. The smallest absolute Gasteiger partial charge is 0.303 e. The van der Waals surface area contributed by atoms with Crippen molar-refractivity contribution in [3.63, 3.8) is 0 Å². The van der Waals surface area contributed by atoms with Gasteiger partial charge in [-0.25, -0.2) is 4.98 Å². The number of rotatable bonds is 9. The number of carboxylic acids is 1. The summed E-state index contributed by atoms with van der Waals surface area (Å²) in [6.45, 7) is 0.708. The first kappa shape index (κ1) is 18.3. The second kappa shape index (κ2) is 9.27. The molecular formula is C18H20N2O5. The SMILES string of the molecule is COc1ncccc1C(=O)NCc1ccc(OCCCC(=O)O)cc1. The van der Waals surface area contributed by atoms with E-state index in [0.717, 1.165) is 5.56 Å². The molecule has 0 aliphatic carbocycles. The quantitative estimate of drug-likeness (QED) is 0.677. The minimum absolute atomic E-state index is 0.0852. The van der Waals surface area contributed by atoms with Gasteiger partial charge in [-0.05, 0) is 36.2 Å². The van der Waals surface area contributed by atoms with Gasteiger partial charge in [0.05, 0.1) is 13.7 Å². The van der Waals surface area contributed by atoms with E-state index in [0.29, 0.717) is 30.9 Å². The van der Waals surface area contributed by atoms with E-state index < -0.39 is 5.97 Å². The molecule has 0 saturated carbocycles. The van der Waals surface area contributed by atoms with E-state index in [-0.39, 0.29) is 18.2 Å². The number of carbonyl (C=O) groups excluding carboxylic acids is 1. The van der Waals surface area contributed by atoms with E-state index in [4.69, 9.17) is 14.6 Å². The van der Waals surface area contributed by atoms with E-state index in [1.807, 2.05) is 12.1 Å². The highest BCUT2D eigenvalue weighted by Gasteiger charge is 2.12. The van der Waals surface area contributed by atoms with Crippen molar-refractivity contribution in [3.8, 4) is 11.6 Å². The zero-order valence-electron chi connectivity index (χ0n) is 13.9. The predicted molar refractivity (Wildman–Crippen MR) is 90.8 cm³/mol. The van der Waals surface area contributed by atoms with Crippen LogP contribution in [0.2, 0.25) is 0 Å². The summed E-state index contributed by atoms with van der Waals surface area (Å²) in [4.78, 5) is 26.6. The molecule has 0 radical (unpaired) electrons. The van der Waals surface area contributed by atoms with Gasteiger partial charge < -0.3 is 19.9 Å². The fraction of sp³-hybridized carbons (Fsp3) is 0.278. The molecule has 1 amide bonds. The van der Waals surface area contributed by atoms with Crippen molar-refractivity contribution in [2.45, 2.75) is 19.4 Å². The molecule has 25 heavy (non-hydrogen) atoms. The highest BCUT2D eigenvalue weighted by Crippen LogP contribution is 2.15. The van der Waals surface area contributed by atoms with E-state index in [1.54, 1.807) is 30.5 Å². The summed E-state index contributed by atoms with van der Waals surface area (Å²) in [6, 6.07) is 10.6. The van der Waals surface area contributed by atoms with Crippen LogP contribution in [-0.2, 0) is 11.3 Å². The molecule has 1 heterocycles. The number of carboxylic acid groups (broad SMARTS) is 1. The summed E-state index contributed by atoms with van der Waals surface area (Å²) in [5.74, 6) is -0.154. The van der Waals surface area contributed by atoms with Crippen LogP contribution in [0.1, 0.15) is 28.8 Å². The summed E-state index contributed by atoms with van der Waals surface area (Å²) >= 11 is 0. The minimum atomic E-state index is -0.833. The van der Waals surface area contributed by atoms with Crippen molar-refractivity contribution in [2.75, 3.05) is 13.7 Å². The molecule has 1 aromatic carbocycles. The summed E-state index contributed by atoms with van der Waals surface area (Å²) < 4.78 is 10.5. The van der Waals surface area contributed by atoms with Crippen LogP contribution in [0.4, 0.5) is 0 Å². The van der Waals surface area contributed by atoms with Gasteiger partial charge in [0.15, 0.2) is 0 Å². The van der Waals surface area contributed by atoms with E-state index in [9.17, 15) is 9.59 Å². The molecule has 2 rings (SSSR count). The average Bonchev–Trinajstić information content (AvgIpc) is 2.64. The van der Waals surface area contributed by atoms with Gasteiger partial charge in [-0.2, -0.15) is 0 Å². The summed E-state index contributed by atoms with van der Waals surface area (Å²) in [5, 5.41) is 11.4. The van der Waals surface area contributed by atoms with Gasteiger partial charge >= 0.3 is 5.97 Å². The molecule has 0 atom stereocenters. The number of aliphatic carboxylic acids is 1. The summed E-state index contributed by atoms with van der Waals surface area (Å²) in [5.41, 5.74) is 1.29. The molecular weight excluding hydrogens is 324 g/mol. The first-order chi connectivity index (χ1) is 12.1. The molecule has 0 bridgehead atoms. The topological polar surface area (TPSA) is 97.8 Å². The molecule has 2 aromatic rings. The number of carbonyl (C=O) groups is 2. The number of amides is 1. The number of nitrogens with zero attached hydrogens (tertiary/aromatic N) is 1. The van der Waals surface area contributed by atoms with Crippen LogP contribution in [0, 0.1) is 0 Å². The van der Waals surface area contributed by atoms with Gasteiger partial charge in [0.1, 0.15) is 11.3 Å². The second-order valence-corrected chi connectivity index (χ2v) is 5.23. The second-order valence-electron chi connectivity index (χ2n) is 5.23. The van der Waals surface area contributed by atoms with Crippen molar-refractivity contribution in [3.05, 3.63) is 53.7 Å². The standard InChI is InChI=1S/C18H20N2O5/c1-24-18-15(4-2-10-19-18)17(23)20-12-13-6-8-14(9-7-13)25-11-3-5-16(21)22/h2,4,6-10H,3,5,11-12H2,1H3,(H,20,23)(H,21,22). The molecule has 0 saturated heterocycles. The van der Waals surface area contributed by atoms with Gasteiger partial charge in [0, 0.05) is 19.2 Å². The van der Waals surface area contributed by atoms with E-state index in [2.05, 4.69) is 10.3 Å². The lowest BCUT2D eigenvalue weighted by atomic mass is 10.2. The molecule has 2 N–H and O–H groups in total. The Morgan fingerprint density at radius 1 is 1.20 bits per heavy atom. The normalized spacial score (nSPS) is 10.1. The number of pyridine rings is 1. The Morgan fingerprint density at radius 3 is 2.64 bits per heavy atom. The largest absolute Gasteiger partial charge is 0.494 e. The van der Waals surface area contributed by atoms with E-state index in [1.165, 1.54) is 7.11 Å². The predicted octanol–water partition coefficient (Wildman–Crippen LogP) is 2.26. The van der Waals surface area contributed by atoms with Crippen molar-refractivity contribution in [2.24, 2.45) is 0 Å². The molecule has 132 valence electrons. The maximum Gasteiger partial charge on any atom is 0.303 e. The Balaban J connectivity index is 1.83. The lowest BCUT2D eigenvalue weighted by Crippen LogP contribution is -2.23. The molecule has 0 unspecified atom stereocenters. The lowest BCUT2D eigenvalue weighted by molar-refractivity contribution is -0.137. The molecule has 0 aliphatic heterocycles. The average molecular weight is 344 g/mol. The van der Waals surface area contributed by atoms with E-state index >= 15 is 0 Å². The fourth-order valence-electron chi connectivity index (χ4n) is 2.12. The highest BCUT2D eigenvalue weighted by molar-refractivity contribution is 5.96. The first-order valence-corrected chi connectivity index (χ1v) is 7.81. The summed E-state index contributed by atoms with van der Waals surface area (Å²) in [7, 11) is 1.47. The van der Waals surface area contributed by atoms with Crippen LogP contribution in [-0.4, -0.2) is 35.7 Å². The van der Waals surface area contributed by atoms with Gasteiger partial charge in [0.2, 0.25) is 5.88 Å². The maximum absolute atomic E-state index is 12.2. The molecule has 0 fully saturated rings. The molecule has 7 heteroatoms. The van der Waals surface area contributed by atoms with Gasteiger partial charge in [-0.1, -0.05) is 12.1 Å². The Hall–Kier alpha value is -3.09. The molecule has 1 aromatic heterocycles. The zero-order valence-corrected chi connectivity index (χ0v) is 13.9. The Labute approximate surface area is 145 Å². The van der Waals surface area contributed by atoms with Crippen LogP contribution >= 0.6 is 0 Å². The van der Waals surface area contributed by atoms with Crippen molar-refractivity contribution < 1.29 is 24.2 Å². The third kappa shape index (κ3) is 5.80. The Kier molecular flexibility index (Phi) is 6.76. The number of hydrogen-bond acceptors (Lipinski definition) is 5. The third-order valence-electron chi connectivity index (χ3n) is 3.39. The van der Waals surface area contributed by atoms with Gasteiger partial charge in [-0.15, -0.1) is 0 Å². The van der Waals surface area contributed by atoms with Crippen LogP contribution in [0.25, 0.3) is 0 Å². The number of aromatic nitrogens is 1. The molecule has 0 aliphatic rings. The Morgan fingerprint density at radius 2 is 1.96 bits per heavy atom. The van der Waals surface area contributed by atoms with Crippen LogP contribution in [0.3, 0.4) is 0 Å². The van der Waals surface area contributed by atoms with Crippen molar-refractivity contribution >= 4 is 11.9 Å². The van der Waals surface area contributed by atoms with Crippen molar-refractivity contribution in [1.29, 1.82) is 0 Å².